The molecule has 1 aromatic heterocycles. The van der Waals surface area contributed by atoms with Gasteiger partial charge in [-0.15, -0.1) is 0 Å². The second-order valence-electron chi connectivity index (χ2n) is 3.87. The molecule has 2 rings (SSSR count). The Balaban J connectivity index is 2.36. The predicted octanol–water partition coefficient (Wildman–Crippen LogP) is 3.33. The molecule has 0 atom stereocenters. The minimum Gasteiger partial charge on any atom is -0.439 e. The molecule has 2 N–H and O–H groups in total. The van der Waals surface area contributed by atoms with E-state index in [-0.39, 0.29) is 0 Å². The van der Waals surface area contributed by atoms with Crippen LogP contribution in [0.1, 0.15) is 18.3 Å². The van der Waals surface area contributed by atoms with Gasteiger partial charge in [0, 0.05) is 9.99 Å². The third-order valence-electron chi connectivity index (χ3n) is 2.51. The van der Waals surface area contributed by atoms with E-state index in [1.165, 1.54) is 0 Å². The number of nitrogens with zero attached hydrogens (tertiary/aromatic N) is 2. The number of nitrogens with two attached hydrogens (primary N) is 1. The average Bonchev–Trinajstić information content (AvgIpc) is 2.34. The van der Waals surface area contributed by atoms with E-state index in [9.17, 15) is 0 Å². The standard InChI is InChI=1S/C13H14IN3O/c1-3-11-16-12(15)8(2)13(17-11)18-10-6-4-5-9(14)7-10/h4-7H,3H2,1-2H3,(H2,15,16,17). The van der Waals surface area contributed by atoms with Gasteiger partial charge in [-0.1, -0.05) is 13.0 Å². The summed E-state index contributed by atoms with van der Waals surface area (Å²) in [6.07, 6.45) is 0.729. The normalized spacial score (nSPS) is 10.4. The van der Waals surface area contributed by atoms with Crippen molar-refractivity contribution in [3.8, 4) is 11.6 Å². The predicted molar refractivity (Wildman–Crippen MR) is 79.8 cm³/mol. The van der Waals surface area contributed by atoms with Crippen LogP contribution in [0.5, 0.6) is 11.6 Å². The van der Waals surface area contributed by atoms with Crippen molar-refractivity contribution in [1.82, 2.24) is 9.97 Å². The Bertz CT molecular complexity index is 572. The van der Waals surface area contributed by atoms with E-state index in [0.29, 0.717) is 17.5 Å². The molecule has 0 aliphatic rings. The number of hydrogen-bond acceptors (Lipinski definition) is 4. The molecule has 2 aromatic rings. The number of benzene rings is 1. The largest absolute Gasteiger partial charge is 0.439 e. The van der Waals surface area contributed by atoms with Crippen LogP contribution in [0.2, 0.25) is 0 Å². The summed E-state index contributed by atoms with van der Waals surface area (Å²) in [5.74, 6) is 2.45. The number of halogens is 1. The van der Waals surface area contributed by atoms with Crippen LogP contribution in [0.15, 0.2) is 24.3 Å². The fourth-order valence-electron chi connectivity index (χ4n) is 1.46. The Hall–Kier alpha value is -1.37. The van der Waals surface area contributed by atoms with Crippen molar-refractivity contribution in [3.63, 3.8) is 0 Å². The lowest BCUT2D eigenvalue weighted by Crippen LogP contribution is -2.04. The number of rotatable bonds is 3. The van der Waals surface area contributed by atoms with Gasteiger partial charge >= 0.3 is 0 Å². The summed E-state index contributed by atoms with van der Waals surface area (Å²) >= 11 is 2.24. The van der Waals surface area contributed by atoms with Gasteiger partial charge in [0.05, 0.1) is 5.56 Å². The second kappa shape index (κ2) is 5.51. The van der Waals surface area contributed by atoms with Gasteiger partial charge in [0.1, 0.15) is 17.4 Å². The third-order valence-corrected chi connectivity index (χ3v) is 3.18. The molecular formula is C13H14IN3O. The number of aryl methyl sites for hydroxylation is 1. The topological polar surface area (TPSA) is 61.0 Å². The molecule has 0 amide bonds. The Morgan fingerprint density at radius 3 is 2.78 bits per heavy atom. The van der Waals surface area contributed by atoms with E-state index >= 15 is 0 Å². The molecule has 4 nitrogen and oxygen atoms in total. The van der Waals surface area contributed by atoms with Crippen LogP contribution in [0, 0.1) is 10.5 Å². The molecule has 0 aliphatic heterocycles. The molecule has 5 heteroatoms. The van der Waals surface area contributed by atoms with Crippen molar-refractivity contribution in [2.75, 3.05) is 5.73 Å². The van der Waals surface area contributed by atoms with Crippen LogP contribution < -0.4 is 10.5 Å². The minimum atomic E-state index is 0.475. The first-order valence-corrected chi connectivity index (χ1v) is 6.74. The van der Waals surface area contributed by atoms with E-state index < -0.39 is 0 Å². The van der Waals surface area contributed by atoms with Crippen molar-refractivity contribution in [2.24, 2.45) is 0 Å². The summed E-state index contributed by atoms with van der Waals surface area (Å²) in [7, 11) is 0. The van der Waals surface area contributed by atoms with E-state index in [1.807, 2.05) is 38.1 Å². The molecule has 0 unspecified atom stereocenters. The van der Waals surface area contributed by atoms with E-state index in [0.717, 1.165) is 21.3 Å². The fourth-order valence-corrected chi connectivity index (χ4v) is 1.97. The zero-order valence-corrected chi connectivity index (χ0v) is 12.4. The van der Waals surface area contributed by atoms with Crippen LogP contribution in [0.25, 0.3) is 0 Å². The molecule has 0 fully saturated rings. The van der Waals surface area contributed by atoms with Crippen molar-refractivity contribution in [2.45, 2.75) is 20.3 Å². The molecular weight excluding hydrogens is 341 g/mol. The lowest BCUT2D eigenvalue weighted by atomic mass is 10.3. The Kier molecular flexibility index (Phi) is 4.00. The van der Waals surface area contributed by atoms with Gasteiger partial charge in [0.2, 0.25) is 5.88 Å². The zero-order valence-electron chi connectivity index (χ0n) is 10.3. The van der Waals surface area contributed by atoms with Crippen LogP contribution in [0.3, 0.4) is 0 Å². The molecule has 94 valence electrons. The third kappa shape index (κ3) is 2.90. The zero-order chi connectivity index (χ0) is 13.1. The fraction of sp³-hybridized carbons (Fsp3) is 0.231. The quantitative estimate of drug-likeness (QED) is 0.858. The van der Waals surface area contributed by atoms with Gasteiger partial charge in [0.25, 0.3) is 0 Å². The number of ether oxygens (including phenoxy) is 1. The highest BCUT2D eigenvalue weighted by atomic mass is 127. The lowest BCUT2D eigenvalue weighted by molar-refractivity contribution is 0.455. The smallest absolute Gasteiger partial charge is 0.227 e. The number of hydrogen-bond donors (Lipinski definition) is 1. The molecule has 0 radical (unpaired) electrons. The van der Waals surface area contributed by atoms with E-state index in [1.54, 1.807) is 0 Å². The molecule has 18 heavy (non-hydrogen) atoms. The average molecular weight is 355 g/mol. The van der Waals surface area contributed by atoms with E-state index in [4.69, 9.17) is 10.5 Å². The summed E-state index contributed by atoms with van der Waals surface area (Å²) < 4.78 is 6.89. The van der Waals surface area contributed by atoms with Gasteiger partial charge in [-0.25, -0.2) is 4.98 Å². The van der Waals surface area contributed by atoms with Gasteiger partial charge in [-0.05, 0) is 47.7 Å². The van der Waals surface area contributed by atoms with Crippen molar-refractivity contribution >= 4 is 28.4 Å². The van der Waals surface area contributed by atoms with Crippen molar-refractivity contribution < 1.29 is 4.74 Å². The maximum absolute atomic E-state index is 5.85. The van der Waals surface area contributed by atoms with Gasteiger partial charge < -0.3 is 10.5 Å². The maximum Gasteiger partial charge on any atom is 0.227 e. The molecule has 0 saturated carbocycles. The highest BCUT2D eigenvalue weighted by Crippen LogP contribution is 2.26. The minimum absolute atomic E-state index is 0.475. The highest BCUT2D eigenvalue weighted by molar-refractivity contribution is 14.1. The highest BCUT2D eigenvalue weighted by Gasteiger charge is 2.10. The SMILES string of the molecule is CCc1nc(N)c(C)c(Oc2cccc(I)c2)n1. The van der Waals surface area contributed by atoms with Gasteiger partial charge in [-0.2, -0.15) is 4.98 Å². The summed E-state index contributed by atoms with van der Waals surface area (Å²) in [5, 5.41) is 0. The monoisotopic (exact) mass is 355 g/mol. The first-order chi connectivity index (χ1) is 8.60. The molecule has 0 aliphatic carbocycles. The van der Waals surface area contributed by atoms with Crippen molar-refractivity contribution in [1.29, 1.82) is 0 Å². The first-order valence-electron chi connectivity index (χ1n) is 5.66. The van der Waals surface area contributed by atoms with Gasteiger partial charge in [0.15, 0.2) is 0 Å². The first kappa shape index (κ1) is 13.1. The number of nitrogen functional groups attached to an aromatic ring is 1. The lowest BCUT2D eigenvalue weighted by Gasteiger charge is -2.10. The summed E-state index contributed by atoms with van der Waals surface area (Å²) in [4.78, 5) is 8.56. The van der Waals surface area contributed by atoms with Gasteiger partial charge in [-0.3, -0.25) is 0 Å². The van der Waals surface area contributed by atoms with Crippen LogP contribution in [-0.4, -0.2) is 9.97 Å². The maximum atomic E-state index is 5.85. The van der Waals surface area contributed by atoms with Crippen LogP contribution in [0.4, 0.5) is 5.82 Å². The molecule has 0 spiro atoms. The second-order valence-corrected chi connectivity index (χ2v) is 5.11. The summed E-state index contributed by atoms with van der Waals surface area (Å²) in [6, 6.07) is 7.79. The number of anilines is 1. The molecule has 1 heterocycles. The summed E-state index contributed by atoms with van der Waals surface area (Å²) in [6.45, 7) is 3.84. The summed E-state index contributed by atoms with van der Waals surface area (Å²) in [5.41, 5.74) is 6.62. The Morgan fingerprint density at radius 2 is 2.11 bits per heavy atom. The Labute approximate surface area is 120 Å². The van der Waals surface area contributed by atoms with Crippen LogP contribution >= 0.6 is 22.6 Å². The van der Waals surface area contributed by atoms with Crippen molar-refractivity contribution in [3.05, 3.63) is 39.2 Å². The molecule has 0 bridgehead atoms. The number of aromatic nitrogens is 2. The Morgan fingerprint density at radius 1 is 1.33 bits per heavy atom. The molecule has 0 saturated heterocycles. The van der Waals surface area contributed by atoms with E-state index in [2.05, 4.69) is 32.6 Å². The molecule has 1 aromatic carbocycles. The van der Waals surface area contributed by atoms with Crippen LogP contribution in [-0.2, 0) is 6.42 Å².